The minimum atomic E-state index is 0.250. The number of hydrogen-bond acceptors (Lipinski definition) is 5. The van der Waals surface area contributed by atoms with Crippen molar-refractivity contribution in [3.05, 3.63) is 41.3 Å². The number of aromatic nitrogens is 2. The van der Waals surface area contributed by atoms with E-state index in [1.165, 1.54) is 12.0 Å². The molecule has 1 aromatic carbocycles. The van der Waals surface area contributed by atoms with Crippen molar-refractivity contribution in [3.63, 3.8) is 0 Å². The van der Waals surface area contributed by atoms with Crippen LogP contribution in [0, 0.1) is 0 Å². The molecule has 2 aliphatic rings. The van der Waals surface area contributed by atoms with Crippen LogP contribution in [0.3, 0.4) is 0 Å². The fraction of sp³-hybridized carbons (Fsp3) is 0.500. The van der Waals surface area contributed by atoms with Crippen LogP contribution < -0.4 is 5.32 Å². The molecule has 2 heterocycles. The molecule has 0 atom stereocenters. The van der Waals surface area contributed by atoms with Gasteiger partial charge in [0.25, 0.3) is 0 Å². The average Bonchev–Trinajstić information content (AvgIpc) is 3.15. The lowest BCUT2D eigenvalue weighted by Gasteiger charge is -2.20. The number of amides is 1. The number of benzene rings is 1. The molecule has 1 aliphatic heterocycles. The van der Waals surface area contributed by atoms with Crippen molar-refractivity contribution in [2.75, 3.05) is 11.9 Å². The van der Waals surface area contributed by atoms with Crippen LogP contribution in [0.2, 0.25) is 0 Å². The highest BCUT2D eigenvalue weighted by molar-refractivity contribution is 5.78. The number of carbonyl (C=O) groups excluding carboxylic acids is 1. The Morgan fingerprint density at radius 2 is 2.00 bits per heavy atom. The summed E-state index contributed by atoms with van der Waals surface area (Å²) in [6.07, 6.45) is 5.18. The molecule has 1 amide bonds. The molecule has 126 valence electrons. The van der Waals surface area contributed by atoms with E-state index in [1.807, 2.05) is 17.0 Å². The smallest absolute Gasteiger partial charge is 0.315 e. The summed E-state index contributed by atoms with van der Waals surface area (Å²) in [6.45, 7) is 2.15. The number of likely N-dealkylation sites (tertiary alicyclic amines) is 1. The van der Waals surface area contributed by atoms with E-state index in [0.29, 0.717) is 31.4 Å². The number of hydrogen-bond donors (Lipinski definition) is 1. The molecule has 1 saturated carbocycles. The lowest BCUT2D eigenvalue weighted by molar-refractivity contribution is -0.128. The highest BCUT2D eigenvalue weighted by atomic mass is 16.4. The molecule has 6 heteroatoms. The molecule has 2 fully saturated rings. The first-order chi connectivity index (χ1) is 11.8. The monoisotopic (exact) mass is 326 g/mol. The molecule has 6 nitrogen and oxygen atoms in total. The molecular formula is C18H22N4O2. The zero-order valence-electron chi connectivity index (χ0n) is 13.7. The highest BCUT2D eigenvalue weighted by Crippen LogP contribution is 2.35. The van der Waals surface area contributed by atoms with Crippen LogP contribution >= 0.6 is 0 Å². The van der Waals surface area contributed by atoms with Gasteiger partial charge in [-0.15, -0.1) is 5.10 Å². The largest absolute Gasteiger partial charge is 0.408 e. The molecule has 2 aromatic rings. The maximum absolute atomic E-state index is 11.8. The zero-order valence-corrected chi connectivity index (χ0v) is 13.7. The van der Waals surface area contributed by atoms with Gasteiger partial charge < -0.3 is 14.6 Å². The summed E-state index contributed by atoms with van der Waals surface area (Å²) in [5.74, 6) is 1.45. The van der Waals surface area contributed by atoms with Crippen molar-refractivity contribution in [3.8, 4) is 0 Å². The van der Waals surface area contributed by atoms with Crippen molar-refractivity contribution in [1.29, 1.82) is 0 Å². The number of nitrogens with one attached hydrogen (secondary N) is 1. The van der Waals surface area contributed by atoms with E-state index in [1.54, 1.807) is 0 Å². The van der Waals surface area contributed by atoms with Gasteiger partial charge >= 0.3 is 6.01 Å². The Kier molecular flexibility index (Phi) is 4.19. The molecule has 1 saturated heterocycles. The zero-order chi connectivity index (χ0) is 16.4. The van der Waals surface area contributed by atoms with E-state index < -0.39 is 0 Å². The van der Waals surface area contributed by atoms with Crippen molar-refractivity contribution >= 4 is 11.9 Å². The molecule has 0 unspecified atom stereocenters. The number of nitrogens with zero attached hydrogens (tertiary/aromatic N) is 3. The summed E-state index contributed by atoms with van der Waals surface area (Å²) in [7, 11) is 0. The van der Waals surface area contributed by atoms with Gasteiger partial charge in [0, 0.05) is 32.0 Å². The second-order valence-corrected chi connectivity index (χ2v) is 6.61. The molecule has 0 spiro atoms. The van der Waals surface area contributed by atoms with E-state index >= 15 is 0 Å². The SMILES string of the molecule is O=C1CCCN1Cc1ccccc1CNc1nnc(C2CCC2)o1. The molecule has 0 bridgehead atoms. The van der Waals surface area contributed by atoms with Gasteiger partial charge in [0.1, 0.15) is 0 Å². The number of rotatable bonds is 6. The second kappa shape index (κ2) is 6.63. The van der Waals surface area contributed by atoms with Gasteiger partial charge in [-0.1, -0.05) is 35.8 Å². The van der Waals surface area contributed by atoms with Crippen molar-refractivity contribution in [2.45, 2.75) is 51.1 Å². The van der Waals surface area contributed by atoms with Gasteiger partial charge in [0.05, 0.1) is 0 Å². The van der Waals surface area contributed by atoms with Gasteiger partial charge in [0.2, 0.25) is 11.8 Å². The Hall–Kier alpha value is -2.37. The van der Waals surface area contributed by atoms with Crippen LogP contribution in [-0.2, 0) is 17.9 Å². The van der Waals surface area contributed by atoms with E-state index in [-0.39, 0.29) is 5.91 Å². The van der Waals surface area contributed by atoms with Gasteiger partial charge in [-0.25, -0.2) is 0 Å². The Bertz CT molecular complexity index is 723. The molecule has 24 heavy (non-hydrogen) atoms. The number of carbonyl (C=O) groups is 1. The van der Waals surface area contributed by atoms with Crippen LogP contribution in [0.4, 0.5) is 6.01 Å². The molecule has 1 aliphatic carbocycles. The third kappa shape index (κ3) is 3.13. The summed E-state index contributed by atoms with van der Waals surface area (Å²) >= 11 is 0. The Balaban J connectivity index is 1.40. The lowest BCUT2D eigenvalue weighted by atomic mass is 9.85. The van der Waals surface area contributed by atoms with Gasteiger partial charge in [-0.05, 0) is 30.4 Å². The molecule has 0 radical (unpaired) electrons. The second-order valence-electron chi connectivity index (χ2n) is 6.61. The highest BCUT2D eigenvalue weighted by Gasteiger charge is 2.25. The third-order valence-corrected chi connectivity index (χ3v) is 4.98. The van der Waals surface area contributed by atoms with Crippen LogP contribution in [0.25, 0.3) is 0 Å². The minimum Gasteiger partial charge on any atom is -0.408 e. The summed E-state index contributed by atoms with van der Waals surface area (Å²) < 4.78 is 5.70. The van der Waals surface area contributed by atoms with Crippen molar-refractivity contribution in [2.24, 2.45) is 0 Å². The van der Waals surface area contributed by atoms with Crippen molar-refractivity contribution in [1.82, 2.24) is 15.1 Å². The predicted octanol–water partition coefficient (Wildman–Crippen LogP) is 3.07. The first kappa shape index (κ1) is 15.2. The van der Waals surface area contributed by atoms with E-state index in [2.05, 4.69) is 27.6 Å². The summed E-state index contributed by atoms with van der Waals surface area (Å²) in [4.78, 5) is 13.8. The number of anilines is 1. The first-order valence-electron chi connectivity index (χ1n) is 8.71. The third-order valence-electron chi connectivity index (χ3n) is 4.98. The maximum atomic E-state index is 11.8. The fourth-order valence-corrected chi connectivity index (χ4v) is 3.26. The summed E-state index contributed by atoms with van der Waals surface area (Å²) in [6, 6.07) is 8.66. The van der Waals surface area contributed by atoms with Crippen LogP contribution in [0.1, 0.15) is 55.0 Å². The lowest BCUT2D eigenvalue weighted by Crippen LogP contribution is -2.24. The summed E-state index contributed by atoms with van der Waals surface area (Å²) in [5, 5.41) is 11.4. The average molecular weight is 326 g/mol. The molecule has 1 N–H and O–H groups in total. The summed E-state index contributed by atoms with van der Waals surface area (Å²) in [5.41, 5.74) is 2.32. The predicted molar refractivity (Wildman–Crippen MR) is 89.3 cm³/mol. The Labute approximate surface area is 141 Å². The van der Waals surface area contributed by atoms with E-state index in [9.17, 15) is 4.79 Å². The van der Waals surface area contributed by atoms with Crippen LogP contribution in [0.15, 0.2) is 28.7 Å². The van der Waals surface area contributed by atoms with Crippen LogP contribution in [0.5, 0.6) is 0 Å². The van der Waals surface area contributed by atoms with E-state index in [0.717, 1.165) is 37.3 Å². The molecule has 4 rings (SSSR count). The quantitative estimate of drug-likeness (QED) is 0.883. The standard InChI is InChI=1S/C18H22N4O2/c23-16-9-4-10-22(16)12-15-6-2-1-5-14(15)11-19-18-21-20-17(24-18)13-7-3-8-13/h1-2,5-6,13H,3-4,7-12H2,(H,19,21). The van der Waals surface area contributed by atoms with Gasteiger partial charge in [0.15, 0.2) is 0 Å². The topological polar surface area (TPSA) is 71.3 Å². The van der Waals surface area contributed by atoms with Crippen LogP contribution in [-0.4, -0.2) is 27.5 Å². The minimum absolute atomic E-state index is 0.250. The molecule has 1 aromatic heterocycles. The van der Waals surface area contributed by atoms with Gasteiger partial charge in [-0.2, -0.15) is 0 Å². The normalized spacial score (nSPS) is 18.0. The Morgan fingerprint density at radius 3 is 2.71 bits per heavy atom. The maximum Gasteiger partial charge on any atom is 0.315 e. The van der Waals surface area contributed by atoms with E-state index in [4.69, 9.17) is 4.42 Å². The fourth-order valence-electron chi connectivity index (χ4n) is 3.26. The Morgan fingerprint density at radius 1 is 1.17 bits per heavy atom. The molecular weight excluding hydrogens is 304 g/mol. The first-order valence-corrected chi connectivity index (χ1v) is 8.71. The van der Waals surface area contributed by atoms with Gasteiger partial charge in [-0.3, -0.25) is 4.79 Å². The van der Waals surface area contributed by atoms with Crippen molar-refractivity contribution < 1.29 is 9.21 Å².